The Bertz CT molecular complexity index is 1490. The Morgan fingerprint density at radius 3 is 2.50 bits per heavy atom. The third-order valence-electron chi connectivity index (χ3n) is 5.27. The van der Waals surface area contributed by atoms with E-state index in [1.807, 2.05) is 0 Å². The van der Waals surface area contributed by atoms with Crippen molar-refractivity contribution in [3.8, 4) is 5.75 Å². The number of nitrogens with two attached hydrogens (primary N) is 2. The summed E-state index contributed by atoms with van der Waals surface area (Å²) in [5.41, 5.74) is 10.4. The van der Waals surface area contributed by atoms with Gasteiger partial charge in [-0.3, -0.25) is 23.8 Å². The average molecular weight is 545 g/mol. The molecule has 1 amide bonds. The molecule has 0 bridgehead atoms. The van der Waals surface area contributed by atoms with Gasteiger partial charge in [0.15, 0.2) is 5.96 Å². The molecule has 0 aliphatic carbocycles. The average Bonchev–Trinajstić information content (AvgIpc) is 2.88. The van der Waals surface area contributed by atoms with Gasteiger partial charge >= 0.3 is 5.97 Å². The number of nitrogens with one attached hydrogen (secondary N) is 2. The van der Waals surface area contributed by atoms with Crippen LogP contribution in [-0.4, -0.2) is 61.5 Å². The van der Waals surface area contributed by atoms with Crippen LogP contribution < -0.4 is 31.8 Å². The summed E-state index contributed by atoms with van der Waals surface area (Å²) in [4.78, 5) is 40.6. The molecule has 14 heteroatoms. The number of aliphatic carboxylic acids is 1. The van der Waals surface area contributed by atoms with Gasteiger partial charge in [-0.15, -0.1) is 0 Å². The van der Waals surface area contributed by atoms with Crippen molar-refractivity contribution in [3.63, 3.8) is 0 Å². The van der Waals surface area contributed by atoms with E-state index in [-0.39, 0.29) is 16.4 Å². The highest BCUT2D eigenvalue weighted by atomic mass is 32.2. The first-order valence-corrected chi connectivity index (χ1v) is 13.0. The zero-order chi connectivity index (χ0) is 27.7. The second kappa shape index (κ2) is 12.7. The van der Waals surface area contributed by atoms with Crippen LogP contribution in [0.5, 0.6) is 5.75 Å². The minimum Gasteiger partial charge on any atom is -0.493 e. The summed E-state index contributed by atoms with van der Waals surface area (Å²) in [7, 11) is -4.14. The van der Waals surface area contributed by atoms with Crippen molar-refractivity contribution in [3.05, 3.63) is 76.7 Å². The fourth-order valence-corrected chi connectivity index (χ4v) is 4.59. The van der Waals surface area contributed by atoms with Crippen molar-refractivity contribution >= 4 is 33.4 Å². The predicted molar refractivity (Wildman–Crippen MR) is 140 cm³/mol. The molecule has 0 aliphatic rings. The van der Waals surface area contributed by atoms with Gasteiger partial charge in [-0.2, -0.15) is 4.72 Å². The molecule has 0 saturated heterocycles. The van der Waals surface area contributed by atoms with Crippen molar-refractivity contribution in [1.29, 1.82) is 0 Å². The normalized spacial score (nSPS) is 12.0. The molecule has 2 aromatic heterocycles. The highest BCUT2D eigenvalue weighted by molar-refractivity contribution is 7.89. The monoisotopic (exact) mass is 544 g/mol. The van der Waals surface area contributed by atoms with Crippen LogP contribution in [-0.2, 0) is 14.8 Å². The third-order valence-corrected chi connectivity index (χ3v) is 6.76. The van der Waals surface area contributed by atoms with E-state index in [9.17, 15) is 27.9 Å². The Morgan fingerprint density at radius 1 is 1.08 bits per heavy atom. The number of hydrogen-bond donors (Lipinski definition) is 5. The van der Waals surface area contributed by atoms with Crippen LogP contribution in [0.15, 0.2) is 75.5 Å². The van der Waals surface area contributed by atoms with Crippen LogP contribution in [0.2, 0.25) is 0 Å². The number of guanidine groups is 1. The second-order valence-electron chi connectivity index (χ2n) is 8.14. The lowest BCUT2D eigenvalue weighted by atomic mass is 10.2. The molecule has 0 aliphatic heterocycles. The molecule has 2 heterocycles. The summed E-state index contributed by atoms with van der Waals surface area (Å²) < 4.78 is 34.0. The number of pyridine rings is 2. The van der Waals surface area contributed by atoms with Gasteiger partial charge in [-0.25, -0.2) is 8.42 Å². The van der Waals surface area contributed by atoms with E-state index in [4.69, 9.17) is 16.2 Å². The van der Waals surface area contributed by atoms with Gasteiger partial charge in [-0.1, -0.05) is 18.2 Å². The Hall–Kier alpha value is -4.43. The van der Waals surface area contributed by atoms with Crippen LogP contribution in [0.25, 0.3) is 5.52 Å². The number of nitrogens with zero attached hydrogens (tertiary/aromatic N) is 2. The largest absolute Gasteiger partial charge is 0.493 e. The Labute approximate surface area is 218 Å². The lowest BCUT2D eigenvalue weighted by molar-refractivity contribution is -0.138. The van der Waals surface area contributed by atoms with Crippen LogP contribution in [0, 0.1) is 0 Å². The molecule has 202 valence electrons. The van der Waals surface area contributed by atoms with Crippen molar-refractivity contribution < 1.29 is 27.9 Å². The molecular formula is C24H28N6O7S. The van der Waals surface area contributed by atoms with E-state index in [1.165, 1.54) is 40.9 Å². The number of sulfonamides is 1. The minimum absolute atomic E-state index is 0.0256. The van der Waals surface area contributed by atoms with Crippen molar-refractivity contribution in [2.45, 2.75) is 23.8 Å². The molecule has 0 fully saturated rings. The van der Waals surface area contributed by atoms with Crippen molar-refractivity contribution in [2.75, 3.05) is 19.7 Å². The van der Waals surface area contributed by atoms with Crippen molar-refractivity contribution in [2.24, 2.45) is 16.5 Å². The van der Waals surface area contributed by atoms with Crippen LogP contribution in [0.3, 0.4) is 0 Å². The highest BCUT2D eigenvalue weighted by Gasteiger charge is 2.26. The van der Waals surface area contributed by atoms with Gasteiger partial charge in [-0.05, 0) is 37.1 Å². The number of carboxylic acid groups (broad SMARTS) is 1. The lowest BCUT2D eigenvalue weighted by Gasteiger charge is -2.16. The molecule has 0 saturated carbocycles. The van der Waals surface area contributed by atoms with E-state index in [2.05, 4.69) is 15.0 Å². The number of aromatic nitrogens is 1. The van der Waals surface area contributed by atoms with Gasteiger partial charge in [0, 0.05) is 37.0 Å². The third kappa shape index (κ3) is 7.78. The van der Waals surface area contributed by atoms with Crippen LogP contribution in [0.1, 0.15) is 23.2 Å². The topological polar surface area (TPSA) is 208 Å². The molecular weight excluding hydrogens is 516 g/mol. The number of benzene rings is 1. The number of carbonyl (C=O) groups is 2. The Kier molecular flexibility index (Phi) is 9.40. The first-order valence-electron chi connectivity index (χ1n) is 11.5. The first-order chi connectivity index (χ1) is 18.1. The molecule has 1 aromatic carbocycles. The maximum atomic E-state index is 12.7. The van der Waals surface area contributed by atoms with E-state index in [0.717, 1.165) is 6.07 Å². The molecule has 3 aromatic rings. The first kappa shape index (κ1) is 28.1. The number of hydrogen-bond acceptors (Lipinski definition) is 7. The van der Waals surface area contributed by atoms with Gasteiger partial charge in [0.25, 0.3) is 11.5 Å². The summed E-state index contributed by atoms with van der Waals surface area (Å²) in [6.45, 7) is 0.312. The maximum absolute atomic E-state index is 12.7. The summed E-state index contributed by atoms with van der Waals surface area (Å²) in [5.74, 6) is -1.73. The van der Waals surface area contributed by atoms with Crippen molar-refractivity contribution in [1.82, 2.24) is 14.4 Å². The summed E-state index contributed by atoms with van der Waals surface area (Å²) >= 11 is 0. The number of carbonyl (C=O) groups excluding carboxylic acids is 1. The summed E-state index contributed by atoms with van der Waals surface area (Å²) in [5, 5.41) is 11.8. The van der Waals surface area contributed by atoms with Gasteiger partial charge < -0.3 is 26.6 Å². The van der Waals surface area contributed by atoms with E-state index >= 15 is 0 Å². The molecule has 0 radical (unpaired) electrons. The fraction of sp³-hybridized carbons (Fsp3) is 0.250. The fourth-order valence-electron chi connectivity index (χ4n) is 3.38. The molecule has 1 unspecified atom stereocenters. The molecule has 7 N–H and O–H groups in total. The SMILES string of the molecule is NC(N)=NCCCCOc1ccn2c(=O)cc(C(=O)NCC(NS(=O)(=O)c3ccccc3)C(=O)O)cc2c1. The smallest absolute Gasteiger partial charge is 0.323 e. The Morgan fingerprint density at radius 2 is 1.82 bits per heavy atom. The summed E-state index contributed by atoms with van der Waals surface area (Å²) in [6.07, 6.45) is 2.91. The van der Waals surface area contributed by atoms with Crippen LogP contribution >= 0.6 is 0 Å². The number of unbranched alkanes of at least 4 members (excludes halogenated alkanes) is 1. The predicted octanol–water partition coefficient (Wildman–Crippen LogP) is -0.107. The summed E-state index contributed by atoms with van der Waals surface area (Å²) in [6, 6.07) is 11.3. The molecule has 38 heavy (non-hydrogen) atoms. The number of carboxylic acids is 1. The van der Waals surface area contributed by atoms with E-state index < -0.39 is 40.0 Å². The number of amides is 1. The van der Waals surface area contributed by atoms with Gasteiger partial charge in [0.2, 0.25) is 10.0 Å². The standard InChI is InChI=1S/C24H28N6O7S/c25-24(26)27-9-4-5-11-37-18-8-10-30-17(14-18)12-16(13-21(30)31)22(32)28-15-20(23(33)34)29-38(35,36)19-6-2-1-3-7-19/h1-3,6-8,10,12-14,20,29H,4-5,9,11,15H2,(H,28,32)(H,33,34)(H4,25,26,27). The van der Waals surface area contributed by atoms with E-state index in [0.29, 0.717) is 37.3 Å². The van der Waals surface area contributed by atoms with Gasteiger partial charge in [0.05, 0.1) is 17.0 Å². The number of aliphatic imine (C=N–C) groups is 1. The number of ether oxygens (including phenoxy) is 1. The second-order valence-corrected chi connectivity index (χ2v) is 9.85. The zero-order valence-corrected chi connectivity index (χ0v) is 21.1. The Balaban J connectivity index is 1.67. The van der Waals surface area contributed by atoms with Gasteiger partial charge in [0.1, 0.15) is 11.8 Å². The maximum Gasteiger partial charge on any atom is 0.323 e. The van der Waals surface area contributed by atoms with E-state index in [1.54, 1.807) is 18.2 Å². The molecule has 3 rings (SSSR count). The molecule has 0 spiro atoms. The molecule has 13 nitrogen and oxygen atoms in total. The quantitative estimate of drug-likeness (QED) is 0.110. The minimum atomic E-state index is -4.14. The van der Waals surface area contributed by atoms with Crippen LogP contribution in [0.4, 0.5) is 0 Å². The number of fused-ring (bicyclic) bond motifs is 1. The number of rotatable bonds is 13. The zero-order valence-electron chi connectivity index (χ0n) is 20.2. The molecule has 1 atom stereocenters. The lowest BCUT2D eigenvalue weighted by Crippen LogP contribution is -2.48. The highest BCUT2D eigenvalue weighted by Crippen LogP contribution is 2.15.